The molecule has 0 aliphatic carbocycles. The highest BCUT2D eigenvalue weighted by Crippen LogP contribution is 2.26. The van der Waals surface area contributed by atoms with Crippen molar-refractivity contribution in [3.05, 3.63) is 68.7 Å². The van der Waals surface area contributed by atoms with Crippen LogP contribution in [-0.2, 0) is 4.79 Å². The number of nitrogens with zero attached hydrogens (tertiary/aromatic N) is 2. The van der Waals surface area contributed by atoms with Crippen molar-refractivity contribution in [3.8, 4) is 0 Å². The van der Waals surface area contributed by atoms with E-state index in [2.05, 4.69) is 5.32 Å². The van der Waals surface area contributed by atoms with E-state index >= 15 is 0 Å². The number of nitrogens with one attached hydrogen (secondary N) is 1. The van der Waals surface area contributed by atoms with Gasteiger partial charge in [-0.1, -0.05) is 34.8 Å². The van der Waals surface area contributed by atoms with Gasteiger partial charge in [-0.25, -0.2) is 0 Å². The molecule has 1 unspecified atom stereocenters. The number of hydrogen-bond acceptors (Lipinski definition) is 4. The van der Waals surface area contributed by atoms with Crippen molar-refractivity contribution in [1.82, 2.24) is 15.1 Å². The molecule has 0 aromatic heterocycles. The molecule has 1 aliphatic rings. The number of halogens is 3. The number of rotatable bonds is 5. The highest BCUT2D eigenvalue weighted by atomic mass is 35.5. The van der Waals surface area contributed by atoms with E-state index in [1.54, 1.807) is 24.3 Å². The first-order valence-electron chi connectivity index (χ1n) is 9.64. The second-order valence-corrected chi connectivity index (χ2v) is 8.19. The predicted molar refractivity (Wildman–Crippen MR) is 120 cm³/mol. The number of carbonyl (C=O) groups excluding carboxylic acids is 3. The summed E-state index contributed by atoms with van der Waals surface area (Å²) < 4.78 is 0. The van der Waals surface area contributed by atoms with E-state index in [4.69, 9.17) is 40.5 Å². The van der Waals surface area contributed by atoms with Gasteiger partial charge in [-0.15, -0.1) is 0 Å². The van der Waals surface area contributed by atoms with Gasteiger partial charge < -0.3 is 20.9 Å². The van der Waals surface area contributed by atoms with Gasteiger partial charge in [0.15, 0.2) is 6.17 Å². The average Bonchev–Trinajstić information content (AvgIpc) is 2.78. The second kappa shape index (κ2) is 10.3. The first-order chi connectivity index (χ1) is 14.8. The summed E-state index contributed by atoms with van der Waals surface area (Å²) in [7, 11) is 0. The first kappa shape index (κ1) is 23.3. The minimum atomic E-state index is -1.13. The molecule has 1 fully saturated rings. The molecule has 31 heavy (non-hydrogen) atoms. The van der Waals surface area contributed by atoms with Crippen molar-refractivity contribution in [2.24, 2.45) is 5.73 Å². The molecule has 7 nitrogen and oxygen atoms in total. The molecule has 3 amide bonds. The van der Waals surface area contributed by atoms with Gasteiger partial charge in [0.25, 0.3) is 17.7 Å². The van der Waals surface area contributed by atoms with Crippen LogP contribution in [0, 0.1) is 0 Å². The molecule has 0 spiro atoms. The molecule has 2 aromatic rings. The first-order valence-corrected chi connectivity index (χ1v) is 10.8. The van der Waals surface area contributed by atoms with Crippen LogP contribution in [0.2, 0.25) is 15.1 Å². The van der Waals surface area contributed by atoms with Crippen LogP contribution in [0.3, 0.4) is 0 Å². The average molecular weight is 484 g/mol. The third-order valence-corrected chi connectivity index (χ3v) is 5.84. The van der Waals surface area contributed by atoms with Crippen LogP contribution in [0.25, 0.3) is 0 Å². The van der Waals surface area contributed by atoms with Crippen molar-refractivity contribution >= 4 is 52.5 Å². The van der Waals surface area contributed by atoms with E-state index in [9.17, 15) is 14.4 Å². The third kappa shape index (κ3) is 5.30. The molecule has 1 aliphatic heterocycles. The van der Waals surface area contributed by atoms with E-state index in [-0.39, 0.29) is 29.6 Å². The lowest BCUT2D eigenvalue weighted by atomic mass is 10.1. The molecule has 10 heteroatoms. The summed E-state index contributed by atoms with van der Waals surface area (Å²) in [5, 5.41) is 3.71. The molecule has 164 valence electrons. The lowest BCUT2D eigenvalue weighted by molar-refractivity contribution is -0.132. The number of nitrogens with two attached hydrogens (primary N) is 1. The van der Waals surface area contributed by atoms with Crippen molar-refractivity contribution in [3.63, 3.8) is 0 Å². The number of benzene rings is 2. The maximum atomic E-state index is 13.3. The predicted octanol–water partition coefficient (Wildman–Crippen LogP) is 3.04. The zero-order chi connectivity index (χ0) is 22.5. The van der Waals surface area contributed by atoms with Gasteiger partial charge in [-0.05, 0) is 48.9 Å². The van der Waals surface area contributed by atoms with Crippen molar-refractivity contribution in [1.29, 1.82) is 0 Å². The summed E-state index contributed by atoms with van der Waals surface area (Å²) >= 11 is 17.9. The fourth-order valence-electron chi connectivity index (χ4n) is 3.37. The van der Waals surface area contributed by atoms with Gasteiger partial charge in [0.2, 0.25) is 0 Å². The Hall–Kier alpha value is -2.32. The van der Waals surface area contributed by atoms with Gasteiger partial charge in [-0.3, -0.25) is 14.4 Å². The summed E-state index contributed by atoms with van der Waals surface area (Å²) in [4.78, 5) is 42.2. The van der Waals surface area contributed by atoms with Crippen LogP contribution in [0.4, 0.5) is 0 Å². The lowest BCUT2D eigenvalue weighted by Crippen LogP contribution is -2.63. The minimum Gasteiger partial charge on any atom is -0.351 e. The van der Waals surface area contributed by atoms with E-state index in [1.807, 2.05) is 0 Å². The fourth-order valence-corrected chi connectivity index (χ4v) is 3.80. The third-order valence-electron chi connectivity index (χ3n) is 4.85. The van der Waals surface area contributed by atoms with Gasteiger partial charge in [0.1, 0.15) is 0 Å². The topological polar surface area (TPSA) is 95.7 Å². The highest BCUT2D eigenvalue weighted by molar-refractivity contribution is 6.42. The summed E-state index contributed by atoms with van der Waals surface area (Å²) in [5.74, 6) is -1.29. The Morgan fingerprint density at radius 3 is 2.06 bits per heavy atom. The Kier molecular flexibility index (Phi) is 7.78. The lowest BCUT2D eigenvalue weighted by Gasteiger charge is -2.42. The standard InChI is InChI=1S/C21H21Cl3N4O3/c22-15-5-2-13(3-6-15)20(30)27-10-1-11-28(19(27)18(29)26-9-8-25)21(31)14-4-7-16(23)17(24)12-14/h2-7,12,19H,1,8-11,25H2,(H,26,29). The molecule has 3 rings (SSSR count). The van der Waals surface area contributed by atoms with Crippen LogP contribution >= 0.6 is 34.8 Å². The molecular formula is C21H21Cl3N4O3. The quantitative estimate of drug-likeness (QED) is 0.683. The van der Waals surface area contributed by atoms with Gasteiger partial charge >= 0.3 is 0 Å². The Balaban J connectivity index is 1.95. The highest BCUT2D eigenvalue weighted by Gasteiger charge is 2.40. The Morgan fingerprint density at radius 1 is 0.903 bits per heavy atom. The summed E-state index contributed by atoms with van der Waals surface area (Å²) in [6.45, 7) is 1.05. The monoisotopic (exact) mass is 482 g/mol. The van der Waals surface area contributed by atoms with Crippen LogP contribution in [0.5, 0.6) is 0 Å². The summed E-state index contributed by atoms with van der Waals surface area (Å²) in [5.41, 5.74) is 6.14. The van der Waals surface area contributed by atoms with E-state index in [1.165, 1.54) is 28.0 Å². The van der Waals surface area contributed by atoms with E-state index in [0.717, 1.165) is 0 Å². The largest absolute Gasteiger partial charge is 0.351 e. The molecule has 0 bridgehead atoms. The summed E-state index contributed by atoms with van der Waals surface area (Å²) in [6, 6.07) is 10.9. The molecular weight excluding hydrogens is 463 g/mol. The molecule has 3 N–H and O–H groups in total. The van der Waals surface area contributed by atoms with Gasteiger partial charge in [0, 0.05) is 42.3 Å². The van der Waals surface area contributed by atoms with Crippen molar-refractivity contribution < 1.29 is 14.4 Å². The maximum Gasteiger partial charge on any atom is 0.263 e. The van der Waals surface area contributed by atoms with Crippen molar-refractivity contribution in [2.75, 3.05) is 26.2 Å². The van der Waals surface area contributed by atoms with Gasteiger partial charge in [0.05, 0.1) is 10.0 Å². The maximum absolute atomic E-state index is 13.3. The molecule has 2 aromatic carbocycles. The smallest absolute Gasteiger partial charge is 0.263 e. The molecule has 0 saturated carbocycles. The molecule has 1 atom stereocenters. The molecule has 1 heterocycles. The van der Waals surface area contributed by atoms with Crippen LogP contribution in [0.1, 0.15) is 27.1 Å². The Bertz CT molecular complexity index is 984. The molecule has 1 saturated heterocycles. The van der Waals surface area contributed by atoms with E-state index in [0.29, 0.717) is 35.1 Å². The van der Waals surface area contributed by atoms with E-state index < -0.39 is 18.0 Å². The number of amides is 3. The van der Waals surface area contributed by atoms with Gasteiger partial charge in [-0.2, -0.15) is 0 Å². The number of hydrogen-bond donors (Lipinski definition) is 2. The van der Waals surface area contributed by atoms with Crippen LogP contribution < -0.4 is 11.1 Å². The normalized spacial score (nSPS) is 16.2. The molecule has 0 radical (unpaired) electrons. The zero-order valence-electron chi connectivity index (χ0n) is 16.5. The summed E-state index contributed by atoms with van der Waals surface area (Å²) in [6.07, 6.45) is -0.627. The number of carbonyl (C=O) groups is 3. The zero-order valence-corrected chi connectivity index (χ0v) is 18.8. The van der Waals surface area contributed by atoms with Crippen molar-refractivity contribution in [2.45, 2.75) is 12.6 Å². The Labute approximate surface area is 195 Å². The SMILES string of the molecule is NCCNC(=O)C1N(C(=O)c2ccc(Cl)cc2)CCCN1C(=O)c1ccc(Cl)c(Cl)c1. The minimum absolute atomic E-state index is 0.215. The fraction of sp³-hybridized carbons (Fsp3) is 0.286. The van der Waals surface area contributed by atoms with Crippen LogP contribution in [0.15, 0.2) is 42.5 Å². The Morgan fingerprint density at radius 2 is 1.48 bits per heavy atom. The second-order valence-electron chi connectivity index (χ2n) is 6.94. The van der Waals surface area contributed by atoms with Crippen LogP contribution in [-0.4, -0.2) is 59.9 Å².